The largest absolute Gasteiger partial charge is 0.465 e. The van der Waals surface area contributed by atoms with E-state index in [0.29, 0.717) is 11.1 Å². The second-order valence-corrected chi connectivity index (χ2v) is 6.18. The van der Waals surface area contributed by atoms with Crippen LogP contribution in [0.3, 0.4) is 0 Å². The van der Waals surface area contributed by atoms with Gasteiger partial charge in [0.2, 0.25) is 0 Å². The molecule has 1 aromatic heterocycles. The summed E-state index contributed by atoms with van der Waals surface area (Å²) in [6.07, 6.45) is 0. The number of fused-ring (bicyclic) bond motifs is 1. The minimum Gasteiger partial charge on any atom is -0.465 e. The van der Waals surface area contributed by atoms with E-state index in [0.717, 1.165) is 33.3 Å². The lowest BCUT2D eigenvalue weighted by atomic mass is 9.97. The molecule has 0 atom stereocenters. The number of benzene rings is 3. The highest BCUT2D eigenvalue weighted by molar-refractivity contribution is 6.04. The fourth-order valence-electron chi connectivity index (χ4n) is 3.27. The molecule has 0 spiro atoms. The molecule has 27 heavy (non-hydrogen) atoms. The average Bonchev–Trinajstić information content (AvgIpc) is 3.12. The van der Waals surface area contributed by atoms with E-state index >= 15 is 0 Å². The second kappa shape index (κ2) is 6.81. The van der Waals surface area contributed by atoms with Crippen LogP contribution in [-0.2, 0) is 4.74 Å². The number of aromatic nitrogens is 1. The Balaban J connectivity index is 1.97. The molecule has 0 saturated heterocycles. The highest BCUT2D eigenvalue weighted by Gasteiger charge is 2.16. The van der Waals surface area contributed by atoms with Gasteiger partial charge in [-0.25, -0.2) is 4.79 Å². The van der Waals surface area contributed by atoms with Gasteiger partial charge in [-0.15, -0.1) is 0 Å². The van der Waals surface area contributed by atoms with Gasteiger partial charge < -0.3 is 9.72 Å². The van der Waals surface area contributed by atoms with E-state index in [2.05, 4.69) is 11.1 Å². The van der Waals surface area contributed by atoms with E-state index < -0.39 is 0 Å². The molecule has 4 nitrogen and oxygen atoms in total. The first kappa shape index (κ1) is 16.6. The standard InChI is InChI=1S/C23H16N2O2/c1-27-23(26)18-10-8-16(9-11-18)21-19-13-15(14-24)7-12-20(19)25-22(21)17-5-3-2-4-6-17/h2-13,25H,1H3. The molecule has 3 aromatic carbocycles. The van der Waals surface area contributed by atoms with Gasteiger partial charge in [-0.3, -0.25) is 0 Å². The molecule has 0 saturated carbocycles. The summed E-state index contributed by atoms with van der Waals surface area (Å²) in [5, 5.41) is 10.3. The Labute approximate surface area is 156 Å². The lowest BCUT2D eigenvalue weighted by Gasteiger charge is -2.07. The van der Waals surface area contributed by atoms with Crippen molar-refractivity contribution >= 4 is 16.9 Å². The Kier molecular flexibility index (Phi) is 4.19. The number of ether oxygens (including phenoxy) is 1. The van der Waals surface area contributed by atoms with Gasteiger partial charge in [0.15, 0.2) is 0 Å². The van der Waals surface area contributed by atoms with Crippen LogP contribution in [0.4, 0.5) is 0 Å². The maximum atomic E-state index is 11.7. The van der Waals surface area contributed by atoms with Crippen LogP contribution in [0.5, 0.6) is 0 Å². The van der Waals surface area contributed by atoms with E-state index in [1.807, 2.05) is 54.6 Å². The topological polar surface area (TPSA) is 65.9 Å². The number of nitrogens with one attached hydrogen (secondary N) is 1. The Hall–Kier alpha value is -3.84. The quantitative estimate of drug-likeness (QED) is 0.518. The fraction of sp³-hybridized carbons (Fsp3) is 0.0435. The lowest BCUT2D eigenvalue weighted by molar-refractivity contribution is 0.0601. The number of nitriles is 1. The molecule has 0 unspecified atom stereocenters. The van der Waals surface area contributed by atoms with Crippen LogP contribution < -0.4 is 0 Å². The molecule has 4 aromatic rings. The summed E-state index contributed by atoms with van der Waals surface area (Å²) in [4.78, 5) is 15.2. The zero-order chi connectivity index (χ0) is 18.8. The molecule has 0 radical (unpaired) electrons. The summed E-state index contributed by atoms with van der Waals surface area (Å²) in [5.74, 6) is -0.365. The number of nitrogens with zero attached hydrogens (tertiary/aromatic N) is 1. The molecule has 0 aliphatic rings. The van der Waals surface area contributed by atoms with Gasteiger partial charge in [-0.2, -0.15) is 5.26 Å². The third-order valence-electron chi connectivity index (χ3n) is 4.58. The maximum Gasteiger partial charge on any atom is 0.337 e. The second-order valence-electron chi connectivity index (χ2n) is 6.18. The third kappa shape index (κ3) is 2.96. The molecule has 1 N–H and O–H groups in total. The van der Waals surface area contributed by atoms with Crippen molar-refractivity contribution in [3.63, 3.8) is 0 Å². The molecular weight excluding hydrogens is 336 g/mol. The Morgan fingerprint density at radius 2 is 1.70 bits per heavy atom. The summed E-state index contributed by atoms with van der Waals surface area (Å²) in [7, 11) is 1.37. The van der Waals surface area contributed by atoms with E-state index in [1.165, 1.54) is 7.11 Å². The van der Waals surface area contributed by atoms with Gasteiger partial charge >= 0.3 is 5.97 Å². The zero-order valence-corrected chi connectivity index (χ0v) is 14.7. The summed E-state index contributed by atoms with van der Waals surface area (Å²) in [5.41, 5.74) is 6.06. The van der Waals surface area contributed by atoms with Crippen LogP contribution in [0.2, 0.25) is 0 Å². The number of hydrogen-bond acceptors (Lipinski definition) is 3. The predicted molar refractivity (Wildman–Crippen MR) is 105 cm³/mol. The van der Waals surface area contributed by atoms with Crippen LogP contribution in [0.15, 0.2) is 72.8 Å². The zero-order valence-electron chi connectivity index (χ0n) is 14.7. The molecule has 0 bridgehead atoms. The van der Waals surface area contributed by atoms with E-state index in [4.69, 9.17) is 4.74 Å². The van der Waals surface area contributed by atoms with Crippen molar-refractivity contribution in [2.75, 3.05) is 7.11 Å². The van der Waals surface area contributed by atoms with Crippen molar-refractivity contribution in [1.29, 1.82) is 5.26 Å². The minimum atomic E-state index is -0.365. The molecule has 1 heterocycles. The summed E-state index contributed by atoms with van der Waals surface area (Å²) >= 11 is 0. The molecular formula is C23H16N2O2. The van der Waals surface area contributed by atoms with Crippen LogP contribution in [0, 0.1) is 11.3 Å². The molecule has 4 rings (SSSR count). The number of esters is 1. The van der Waals surface area contributed by atoms with Crippen molar-refractivity contribution in [2.24, 2.45) is 0 Å². The molecule has 4 heteroatoms. The molecule has 0 amide bonds. The predicted octanol–water partition coefficient (Wildman–Crippen LogP) is 5.16. The summed E-state index contributed by atoms with van der Waals surface area (Å²) in [6, 6.07) is 25.2. The van der Waals surface area contributed by atoms with Gasteiger partial charge in [0.05, 0.1) is 30.0 Å². The van der Waals surface area contributed by atoms with Gasteiger partial charge in [0.1, 0.15) is 0 Å². The Morgan fingerprint density at radius 3 is 2.37 bits per heavy atom. The SMILES string of the molecule is COC(=O)c1ccc(-c2c(-c3ccccc3)[nH]c3ccc(C#N)cc23)cc1. The van der Waals surface area contributed by atoms with E-state index in [9.17, 15) is 10.1 Å². The van der Waals surface area contributed by atoms with Crippen molar-refractivity contribution in [3.8, 4) is 28.5 Å². The van der Waals surface area contributed by atoms with Crippen LogP contribution >= 0.6 is 0 Å². The number of carbonyl (C=O) groups excluding carboxylic acids is 1. The molecule has 0 aliphatic heterocycles. The van der Waals surface area contributed by atoms with Crippen molar-refractivity contribution in [3.05, 3.63) is 83.9 Å². The van der Waals surface area contributed by atoms with Gasteiger partial charge in [-0.1, -0.05) is 42.5 Å². The summed E-state index contributed by atoms with van der Waals surface area (Å²) < 4.78 is 4.78. The first-order valence-corrected chi connectivity index (χ1v) is 8.51. The van der Waals surface area contributed by atoms with E-state index in [-0.39, 0.29) is 5.97 Å². The third-order valence-corrected chi connectivity index (χ3v) is 4.58. The number of carbonyl (C=O) groups is 1. The maximum absolute atomic E-state index is 11.7. The molecule has 130 valence electrons. The fourth-order valence-corrected chi connectivity index (χ4v) is 3.27. The number of methoxy groups -OCH3 is 1. The van der Waals surface area contributed by atoms with Crippen molar-refractivity contribution in [1.82, 2.24) is 4.98 Å². The lowest BCUT2D eigenvalue weighted by Crippen LogP contribution is -2.00. The van der Waals surface area contributed by atoms with Crippen LogP contribution in [0.25, 0.3) is 33.3 Å². The smallest absolute Gasteiger partial charge is 0.337 e. The normalized spacial score (nSPS) is 10.5. The number of H-pyrrole nitrogens is 1. The highest BCUT2D eigenvalue weighted by atomic mass is 16.5. The Bertz CT molecular complexity index is 1170. The first-order chi connectivity index (χ1) is 13.2. The highest BCUT2D eigenvalue weighted by Crippen LogP contribution is 2.38. The number of aromatic amines is 1. The number of rotatable bonds is 3. The van der Waals surface area contributed by atoms with Gasteiger partial charge in [-0.05, 0) is 41.5 Å². The monoisotopic (exact) mass is 352 g/mol. The van der Waals surface area contributed by atoms with Crippen molar-refractivity contribution < 1.29 is 9.53 Å². The van der Waals surface area contributed by atoms with Crippen LogP contribution in [0.1, 0.15) is 15.9 Å². The first-order valence-electron chi connectivity index (χ1n) is 8.51. The minimum absolute atomic E-state index is 0.365. The average molecular weight is 352 g/mol. The number of hydrogen-bond donors (Lipinski definition) is 1. The molecule has 0 fully saturated rings. The molecule has 0 aliphatic carbocycles. The van der Waals surface area contributed by atoms with Crippen LogP contribution in [-0.4, -0.2) is 18.1 Å². The van der Waals surface area contributed by atoms with E-state index in [1.54, 1.807) is 18.2 Å². The van der Waals surface area contributed by atoms with Gasteiger partial charge in [0.25, 0.3) is 0 Å². The van der Waals surface area contributed by atoms with Gasteiger partial charge in [0, 0.05) is 16.5 Å². The Morgan fingerprint density at radius 1 is 0.963 bits per heavy atom. The summed E-state index contributed by atoms with van der Waals surface area (Å²) in [6.45, 7) is 0. The van der Waals surface area contributed by atoms with Crippen molar-refractivity contribution in [2.45, 2.75) is 0 Å².